The first-order chi connectivity index (χ1) is 15.2. The lowest BCUT2D eigenvalue weighted by atomic mass is 10.0. The number of hydrogen-bond donors (Lipinski definition) is 0. The van der Waals surface area contributed by atoms with Gasteiger partial charge in [-0.3, -0.25) is 0 Å². The Kier molecular flexibility index (Phi) is 6.10. The number of halogens is 2. The normalized spacial score (nSPS) is 14.3. The van der Waals surface area contributed by atoms with Gasteiger partial charge in [-0.25, -0.2) is 27.2 Å². The van der Waals surface area contributed by atoms with Gasteiger partial charge < -0.3 is 9.64 Å². The number of aryl methyl sites for hydroxylation is 1. The van der Waals surface area contributed by atoms with Gasteiger partial charge in [0.25, 0.3) is 0 Å². The van der Waals surface area contributed by atoms with Crippen molar-refractivity contribution >= 4 is 15.8 Å². The van der Waals surface area contributed by atoms with Crippen LogP contribution in [0, 0.1) is 17.6 Å². The minimum absolute atomic E-state index is 0.0393. The van der Waals surface area contributed by atoms with Crippen molar-refractivity contribution in [2.45, 2.75) is 18.2 Å². The minimum atomic E-state index is -3.36. The predicted molar refractivity (Wildman–Crippen MR) is 118 cm³/mol. The highest BCUT2D eigenvalue weighted by molar-refractivity contribution is 7.90. The van der Waals surface area contributed by atoms with Gasteiger partial charge in [-0.2, -0.15) is 0 Å². The maximum absolute atomic E-state index is 14.6. The topological polar surface area (TPSA) is 72.4 Å². The molecule has 0 radical (unpaired) electrons. The van der Waals surface area contributed by atoms with Crippen LogP contribution in [0.5, 0.6) is 5.75 Å². The van der Waals surface area contributed by atoms with Crippen LogP contribution < -0.4 is 9.64 Å². The van der Waals surface area contributed by atoms with E-state index in [4.69, 9.17) is 4.74 Å². The monoisotopic (exact) mass is 459 g/mol. The SMILES string of the molecule is CCc1cnc(N2CC(COc3cc(F)c(-c4ccc(S(C)(=O)=O)cc4)cc3F)C2)nc1. The van der Waals surface area contributed by atoms with E-state index in [9.17, 15) is 17.2 Å². The third-order valence-electron chi connectivity index (χ3n) is 5.43. The first-order valence-corrected chi connectivity index (χ1v) is 12.1. The Morgan fingerprint density at radius 2 is 1.72 bits per heavy atom. The molecule has 0 spiro atoms. The van der Waals surface area contributed by atoms with Gasteiger partial charge in [0.2, 0.25) is 5.95 Å². The smallest absolute Gasteiger partial charge is 0.225 e. The van der Waals surface area contributed by atoms with Crippen LogP contribution in [-0.4, -0.2) is 44.3 Å². The molecule has 0 atom stereocenters. The molecule has 1 fully saturated rings. The van der Waals surface area contributed by atoms with Crippen LogP contribution in [0.1, 0.15) is 12.5 Å². The summed E-state index contributed by atoms with van der Waals surface area (Å²) in [7, 11) is -3.36. The van der Waals surface area contributed by atoms with E-state index in [2.05, 4.69) is 9.97 Å². The van der Waals surface area contributed by atoms with Crippen LogP contribution in [-0.2, 0) is 16.3 Å². The number of sulfone groups is 1. The molecule has 1 saturated heterocycles. The molecule has 0 N–H and O–H groups in total. The van der Waals surface area contributed by atoms with Crippen LogP contribution in [0.2, 0.25) is 0 Å². The van der Waals surface area contributed by atoms with Crippen molar-refractivity contribution in [3.05, 3.63) is 66.0 Å². The first-order valence-electron chi connectivity index (χ1n) is 10.2. The quantitative estimate of drug-likeness (QED) is 0.534. The minimum Gasteiger partial charge on any atom is -0.490 e. The molecule has 2 heterocycles. The van der Waals surface area contributed by atoms with Crippen molar-refractivity contribution in [2.75, 3.05) is 30.9 Å². The Labute approximate surface area is 185 Å². The molecule has 0 unspecified atom stereocenters. The Balaban J connectivity index is 1.38. The molecule has 9 heteroatoms. The van der Waals surface area contributed by atoms with Gasteiger partial charge in [0.15, 0.2) is 21.4 Å². The zero-order valence-corrected chi connectivity index (χ0v) is 18.6. The highest BCUT2D eigenvalue weighted by Gasteiger charge is 2.29. The van der Waals surface area contributed by atoms with E-state index in [1.54, 1.807) is 12.4 Å². The second-order valence-electron chi connectivity index (χ2n) is 7.89. The van der Waals surface area contributed by atoms with E-state index in [0.29, 0.717) is 24.6 Å². The summed E-state index contributed by atoms with van der Waals surface area (Å²) in [5, 5.41) is 0. The molecule has 0 bridgehead atoms. The first kappa shape index (κ1) is 22.1. The number of rotatable bonds is 7. The van der Waals surface area contributed by atoms with Crippen molar-refractivity contribution in [3.8, 4) is 16.9 Å². The second-order valence-corrected chi connectivity index (χ2v) is 9.90. The van der Waals surface area contributed by atoms with E-state index in [1.807, 2.05) is 11.8 Å². The van der Waals surface area contributed by atoms with Crippen LogP contribution in [0.25, 0.3) is 11.1 Å². The van der Waals surface area contributed by atoms with Crippen molar-refractivity contribution in [2.24, 2.45) is 5.92 Å². The third-order valence-corrected chi connectivity index (χ3v) is 6.56. The Morgan fingerprint density at radius 1 is 1.06 bits per heavy atom. The zero-order valence-electron chi connectivity index (χ0n) is 17.8. The molecular weight excluding hydrogens is 436 g/mol. The number of hydrogen-bond acceptors (Lipinski definition) is 6. The van der Waals surface area contributed by atoms with Crippen LogP contribution in [0.3, 0.4) is 0 Å². The van der Waals surface area contributed by atoms with E-state index in [-0.39, 0.29) is 28.7 Å². The largest absolute Gasteiger partial charge is 0.490 e. The molecule has 0 amide bonds. The van der Waals surface area contributed by atoms with Gasteiger partial charge in [-0.05, 0) is 35.7 Å². The number of ether oxygens (including phenoxy) is 1. The summed E-state index contributed by atoms with van der Waals surface area (Å²) < 4.78 is 57.9. The van der Waals surface area contributed by atoms with Gasteiger partial charge in [-0.15, -0.1) is 0 Å². The molecule has 6 nitrogen and oxygen atoms in total. The van der Waals surface area contributed by atoms with Gasteiger partial charge in [0.1, 0.15) is 5.82 Å². The molecule has 2 aromatic carbocycles. The average molecular weight is 460 g/mol. The lowest BCUT2D eigenvalue weighted by Gasteiger charge is -2.38. The standard InChI is InChI=1S/C23H23F2N3O3S/c1-3-15-10-26-23(27-11-15)28-12-16(13-28)14-31-22-9-20(24)19(8-21(22)25)17-4-6-18(7-5-17)32(2,29)30/h4-11,16H,3,12-14H2,1-2H3. The van der Waals surface area contributed by atoms with Gasteiger partial charge in [-0.1, -0.05) is 19.1 Å². The lowest BCUT2D eigenvalue weighted by Crippen LogP contribution is -2.50. The summed E-state index contributed by atoms with van der Waals surface area (Å²) in [5.41, 5.74) is 1.49. The lowest BCUT2D eigenvalue weighted by molar-refractivity contribution is 0.211. The van der Waals surface area contributed by atoms with Gasteiger partial charge >= 0.3 is 0 Å². The molecule has 1 aromatic heterocycles. The summed E-state index contributed by atoms with van der Waals surface area (Å²) in [4.78, 5) is 10.8. The molecule has 1 aliphatic rings. The highest BCUT2D eigenvalue weighted by Crippen LogP contribution is 2.31. The highest BCUT2D eigenvalue weighted by atomic mass is 32.2. The van der Waals surface area contributed by atoms with E-state index >= 15 is 0 Å². The number of aromatic nitrogens is 2. The zero-order chi connectivity index (χ0) is 22.9. The van der Waals surface area contributed by atoms with E-state index in [0.717, 1.165) is 30.4 Å². The Bertz CT molecular complexity index is 1210. The summed E-state index contributed by atoms with van der Waals surface area (Å²) in [5.74, 6) is -0.658. The molecule has 0 aliphatic carbocycles. The summed E-state index contributed by atoms with van der Waals surface area (Å²) in [6, 6.07) is 7.73. The van der Waals surface area contributed by atoms with Crippen molar-refractivity contribution in [3.63, 3.8) is 0 Å². The number of nitrogens with zero attached hydrogens (tertiary/aromatic N) is 3. The van der Waals surface area contributed by atoms with Crippen LogP contribution >= 0.6 is 0 Å². The van der Waals surface area contributed by atoms with Gasteiger partial charge in [0.05, 0.1) is 11.5 Å². The number of anilines is 1. The molecular formula is C23H23F2N3O3S. The number of benzene rings is 2. The van der Waals surface area contributed by atoms with E-state index in [1.165, 1.54) is 24.3 Å². The van der Waals surface area contributed by atoms with Crippen molar-refractivity contribution < 1.29 is 21.9 Å². The molecule has 32 heavy (non-hydrogen) atoms. The maximum Gasteiger partial charge on any atom is 0.225 e. The van der Waals surface area contributed by atoms with Gasteiger partial charge in [0, 0.05) is 49.3 Å². The third kappa shape index (κ3) is 4.72. The molecule has 168 valence electrons. The van der Waals surface area contributed by atoms with E-state index < -0.39 is 21.5 Å². The summed E-state index contributed by atoms with van der Waals surface area (Å²) in [6.45, 7) is 3.65. The fourth-order valence-corrected chi connectivity index (χ4v) is 4.11. The predicted octanol–water partition coefficient (Wildman–Crippen LogP) is 3.90. The average Bonchev–Trinajstić information content (AvgIpc) is 2.74. The second kappa shape index (κ2) is 8.82. The van der Waals surface area contributed by atoms with Crippen molar-refractivity contribution in [1.29, 1.82) is 0 Å². The fourth-order valence-electron chi connectivity index (χ4n) is 3.48. The molecule has 0 saturated carbocycles. The van der Waals surface area contributed by atoms with Crippen LogP contribution in [0.15, 0.2) is 53.7 Å². The van der Waals surface area contributed by atoms with Crippen LogP contribution in [0.4, 0.5) is 14.7 Å². The fraction of sp³-hybridized carbons (Fsp3) is 0.304. The Hall–Kier alpha value is -3.07. The summed E-state index contributed by atoms with van der Waals surface area (Å²) in [6.07, 6.45) is 5.58. The molecule has 4 rings (SSSR count). The van der Waals surface area contributed by atoms with Crippen molar-refractivity contribution in [1.82, 2.24) is 9.97 Å². The Morgan fingerprint density at radius 3 is 2.31 bits per heavy atom. The summed E-state index contributed by atoms with van der Waals surface area (Å²) >= 11 is 0. The molecule has 1 aliphatic heterocycles. The molecule has 3 aromatic rings. The maximum atomic E-state index is 14.6.